The molecule has 0 spiro atoms. The molecule has 1 aromatic carbocycles. The van der Waals surface area contributed by atoms with Gasteiger partial charge in [0, 0.05) is 12.5 Å². The molecule has 0 aliphatic heterocycles. The maximum absolute atomic E-state index is 11.9. The molecule has 2 N–H and O–H groups in total. The molecule has 0 saturated carbocycles. The van der Waals surface area contributed by atoms with Crippen LogP contribution in [0.15, 0.2) is 30.3 Å². The number of Topliss-reactive ketones (excluding diaryl/α,β-unsaturated/α-hetero) is 1. The Hall–Kier alpha value is -1.68. The van der Waals surface area contributed by atoms with Gasteiger partial charge in [-0.25, -0.2) is 0 Å². The van der Waals surface area contributed by atoms with Gasteiger partial charge in [0.25, 0.3) is 0 Å². The summed E-state index contributed by atoms with van der Waals surface area (Å²) in [4.78, 5) is 24.6. The van der Waals surface area contributed by atoms with Crippen LogP contribution in [0.4, 0.5) is 0 Å². The first kappa shape index (κ1) is 14.4. The minimum absolute atomic E-state index is 0.0937. The summed E-state index contributed by atoms with van der Waals surface area (Å²) in [5, 5.41) is 0. The third kappa shape index (κ3) is 5.10. The molecule has 98 valence electrons. The lowest BCUT2D eigenvalue weighted by Crippen LogP contribution is -2.41. The maximum Gasteiger partial charge on any atom is 0.231 e. The summed E-state index contributed by atoms with van der Waals surface area (Å²) in [5.74, 6) is -0.313. The van der Waals surface area contributed by atoms with Gasteiger partial charge < -0.3 is 5.73 Å². The molecule has 0 unspecified atom stereocenters. The number of benzene rings is 1. The van der Waals surface area contributed by atoms with Gasteiger partial charge in [-0.15, -0.1) is 0 Å². The SMILES string of the molecule is CC(C)N(CC(N)=O)CC(=O)Cc1ccccc1. The zero-order chi connectivity index (χ0) is 13.5. The summed E-state index contributed by atoms with van der Waals surface area (Å²) in [7, 11) is 0. The molecule has 0 radical (unpaired) electrons. The second-order valence-electron chi connectivity index (χ2n) is 4.67. The lowest BCUT2D eigenvalue weighted by Gasteiger charge is -2.24. The number of hydrogen-bond acceptors (Lipinski definition) is 3. The first-order valence-corrected chi connectivity index (χ1v) is 6.07. The van der Waals surface area contributed by atoms with E-state index in [1.54, 1.807) is 4.90 Å². The van der Waals surface area contributed by atoms with Crippen molar-refractivity contribution in [2.45, 2.75) is 26.3 Å². The highest BCUT2D eigenvalue weighted by Crippen LogP contribution is 2.03. The van der Waals surface area contributed by atoms with E-state index in [2.05, 4.69) is 0 Å². The summed E-state index contributed by atoms with van der Waals surface area (Å²) >= 11 is 0. The Bertz CT molecular complexity index is 402. The van der Waals surface area contributed by atoms with Gasteiger partial charge in [-0.3, -0.25) is 14.5 Å². The fourth-order valence-electron chi connectivity index (χ4n) is 1.73. The topological polar surface area (TPSA) is 63.4 Å². The molecule has 0 fully saturated rings. The molecular weight excluding hydrogens is 228 g/mol. The molecule has 18 heavy (non-hydrogen) atoms. The first-order valence-electron chi connectivity index (χ1n) is 6.07. The highest BCUT2D eigenvalue weighted by atomic mass is 16.1. The summed E-state index contributed by atoms with van der Waals surface area (Å²) < 4.78 is 0. The number of primary amides is 1. The Balaban J connectivity index is 2.54. The van der Waals surface area contributed by atoms with E-state index in [1.807, 2.05) is 44.2 Å². The van der Waals surface area contributed by atoms with E-state index in [0.717, 1.165) is 5.56 Å². The molecule has 0 aromatic heterocycles. The first-order chi connectivity index (χ1) is 8.49. The number of nitrogens with zero attached hydrogens (tertiary/aromatic N) is 1. The number of rotatable bonds is 7. The monoisotopic (exact) mass is 248 g/mol. The molecule has 0 atom stereocenters. The lowest BCUT2D eigenvalue weighted by atomic mass is 10.1. The molecule has 1 amide bonds. The molecule has 0 heterocycles. The number of amides is 1. The standard InChI is InChI=1S/C14H20N2O2/c1-11(2)16(10-14(15)18)9-13(17)8-12-6-4-3-5-7-12/h3-7,11H,8-10H2,1-2H3,(H2,15,18). The Morgan fingerprint density at radius 3 is 2.28 bits per heavy atom. The van der Waals surface area contributed by atoms with Gasteiger partial charge in [0.2, 0.25) is 5.91 Å². The summed E-state index contributed by atoms with van der Waals surface area (Å²) in [6.07, 6.45) is 0.392. The number of carbonyl (C=O) groups is 2. The molecule has 0 aliphatic rings. The van der Waals surface area contributed by atoms with Crippen LogP contribution in [0.25, 0.3) is 0 Å². The van der Waals surface area contributed by atoms with Gasteiger partial charge in [0.05, 0.1) is 13.1 Å². The minimum atomic E-state index is -0.406. The number of nitrogens with two attached hydrogens (primary N) is 1. The molecule has 1 rings (SSSR count). The largest absolute Gasteiger partial charge is 0.369 e. The van der Waals surface area contributed by atoms with Gasteiger partial charge in [0.15, 0.2) is 5.78 Å². The second-order valence-corrected chi connectivity index (χ2v) is 4.67. The lowest BCUT2D eigenvalue weighted by molar-refractivity contribution is -0.122. The van der Waals surface area contributed by atoms with E-state index in [0.29, 0.717) is 6.42 Å². The molecule has 4 nitrogen and oxygen atoms in total. The van der Waals surface area contributed by atoms with Gasteiger partial charge in [-0.05, 0) is 19.4 Å². The van der Waals surface area contributed by atoms with Crippen molar-refractivity contribution >= 4 is 11.7 Å². The fraction of sp³-hybridized carbons (Fsp3) is 0.429. The molecule has 0 saturated heterocycles. The molecular formula is C14H20N2O2. The number of hydrogen-bond donors (Lipinski definition) is 1. The van der Waals surface area contributed by atoms with Crippen LogP contribution in [-0.2, 0) is 16.0 Å². The van der Waals surface area contributed by atoms with Gasteiger partial charge in [-0.2, -0.15) is 0 Å². The van der Waals surface area contributed by atoms with E-state index >= 15 is 0 Å². The van der Waals surface area contributed by atoms with Crippen LogP contribution in [0.5, 0.6) is 0 Å². The van der Waals surface area contributed by atoms with Crippen LogP contribution in [0.1, 0.15) is 19.4 Å². The van der Waals surface area contributed by atoms with Crippen molar-refractivity contribution in [3.63, 3.8) is 0 Å². The highest BCUT2D eigenvalue weighted by molar-refractivity contribution is 5.83. The number of ketones is 1. The van der Waals surface area contributed by atoms with Crippen molar-refractivity contribution in [3.8, 4) is 0 Å². The van der Waals surface area contributed by atoms with Crippen LogP contribution in [0, 0.1) is 0 Å². The third-order valence-electron chi connectivity index (χ3n) is 2.71. The zero-order valence-electron chi connectivity index (χ0n) is 10.9. The third-order valence-corrected chi connectivity index (χ3v) is 2.71. The summed E-state index contributed by atoms with van der Waals surface area (Å²) in [6.45, 7) is 4.27. The minimum Gasteiger partial charge on any atom is -0.369 e. The van der Waals surface area contributed by atoms with Crippen LogP contribution >= 0.6 is 0 Å². The Labute approximate surface area is 108 Å². The van der Waals surface area contributed by atoms with Crippen LogP contribution < -0.4 is 5.73 Å². The van der Waals surface area contributed by atoms with Crippen molar-refractivity contribution in [1.82, 2.24) is 4.90 Å². The van der Waals surface area contributed by atoms with Gasteiger partial charge >= 0.3 is 0 Å². The van der Waals surface area contributed by atoms with Crippen LogP contribution in [-0.4, -0.2) is 35.7 Å². The normalized spacial score (nSPS) is 10.9. The Kier molecular flexibility index (Phi) is 5.52. The predicted octanol–water partition coefficient (Wildman–Crippen LogP) is 0.994. The van der Waals surface area contributed by atoms with Crippen LogP contribution in [0.3, 0.4) is 0 Å². The van der Waals surface area contributed by atoms with E-state index in [1.165, 1.54) is 0 Å². The maximum atomic E-state index is 11.9. The van der Waals surface area contributed by atoms with E-state index in [4.69, 9.17) is 5.73 Å². The highest BCUT2D eigenvalue weighted by Gasteiger charge is 2.16. The number of carbonyl (C=O) groups excluding carboxylic acids is 2. The summed E-state index contributed by atoms with van der Waals surface area (Å²) in [5.41, 5.74) is 6.16. The second kappa shape index (κ2) is 6.91. The fourth-order valence-corrected chi connectivity index (χ4v) is 1.73. The average Bonchev–Trinajstić information content (AvgIpc) is 2.28. The Morgan fingerprint density at radius 2 is 1.78 bits per heavy atom. The van der Waals surface area contributed by atoms with E-state index < -0.39 is 5.91 Å². The average molecular weight is 248 g/mol. The van der Waals surface area contributed by atoms with Crippen molar-refractivity contribution < 1.29 is 9.59 Å². The quantitative estimate of drug-likeness (QED) is 0.782. The van der Waals surface area contributed by atoms with Gasteiger partial charge in [0.1, 0.15) is 0 Å². The van der Waals surface area contributed by atoms with E-state index in [-0.39, 0.29) is 24.9 Å². The molecule has 0 aliphatic carbocycles. The summed E-state index contributed by atoms with van der Waals surface area (Å²) in [6, 6.07) is 9.70. The smallest absolute Gasteiger partial charge is 0.231 e. The molecule has 0 bridgehead atoms. The van der Waals surface area contributed by atoms with Crippen molar-refractivity contribution in [2.75, 3.05) is 13.1 Å². The Morgan fingerprint density at radius 1 is 1.17 bits per heavy atom. The van der Waals surface area contributed by atoms with Crippen molar-refractivity contribution in [3.05, 3.63) is 35.9 Å². The van der Waals surface area contributed by atoms with Crippen molar-refractivity contribution in [1.29, 1.82) is 0 Å². The molecule has 4 heteroatoms. The van der Waals surface area contributed by atoms with Gasteiger partial charge in [-0.1, -0.05) is 30.3 Å². The predicted molar refractivity (Wildman–Crippen MR) is 71.1 cm³/mol. The molecule has 1 aromatic rings. The van der Waals surface area contributed by atoms with E-state index in [9.17, 15) is 9.59 Å². The van der Waals surface area contributed by atoms with Crippen molar-refractivity contribution in [2.24, 2.45) is 5.73 Å². The zero-order valence-corrected chi connectivity index (χ0v) is 10.9. The van der Waals surface area contributed by atoms with Crippen LogP contribution in [0.2, 0.25) is 0 Å².